The molecule has 2 nitrogen and oxygen atoms in total. The molecule has 0 fully saturated rings. The molecule has 0 amide bonds. The standard InChI is InChI=1S/C15H21NO/c1-10(17)13-9-16(5)14-7-6-11(8-12(13)14)15(2,3)4/h6-10,17H,1-5H3. The Bertz CT molecular complexity index is 544. The summed E-state index contributed by atoms with van der Waals surface area (Å²) in [5.41, 5.74) is 3.63. The lowest BCUT2D eigenvalue weighted by atomic mass is 9.86. The van der Waals surface area contributed by atoms with E-state index in [9.17, 15) is 5.11 Å². The molecule has 1 heterocycles. The molecule has 0 spiro atoms. The van der Waals surface area contributed by atoms with Gasteiger partial charge in [0.25, 0.3) is 0 Å². The van der Waals surface area contributed by atoms with E-state index in [4.69, 9.17) is 0 Å². The fourth-order valence-electron chi connectivity index (χ4n) is 2.22. The van der Waals surface area contributed by atoms with Crippen LogP contribution in [0, 0.1) is 0 Å². The first-order valence-corrected chi connectivity index (χ1v) is 6.08. The fourth-order valence-corrected chi connectivity index (χ4v) is 2.22. The smallest absolute Gasteiger partial charge is 0.0782 e. The monoisotopic (exact) mass is 231 g/mol. The number of benzene rings is 1. The molecule has 2 aromatic rings. The maximum Gasteiger partial charge on any atom is 0.0782 e. The summed E-state index contributed by atoms with van der Waals surface area (Å²) in [6.07, 6.45) is 1.59. The summed E-state index contributed by atoms with van der Waals surface area (Å²) in [5.74, 6) is 0. The molecule has 1 aromatic carbocycles. The highest BCUT2D eigenvalue weighted by molar-refractivity contribution is 5.85. The lowest BCUT2D eigenvalue weighted by molar-refractivity contribution is 0.200. The summed E-state index contributed by atoms with van der Waals surface area (Å²) in [6.45, 7) is 8.44. The van der Waals surface area contributed by atoms with E-state index in [0.29, 0.717) is 0 Å². The lowest BCUT2D eigenvalue weighted by Crippen LogP contribution is -2.10. The number of aryl methyl sites for hydroxylation is 1. The molecule has 1 aromatic heterocycles. The number of hydrogen-bond donors (Lipinski definition) is 1. The van der Waals surface area contributed by atoms with Crippen molar-refractivity contribution in [3.8, 4) is 0 Å². The van der Waals surface area contributed by atoms with Gasteiger partial charge >= 0.3 is 0 Å². The Morgan fingerprint density at radius 1 is 1.24 bits per heavy atom. The maximum atomic E-state index is 9.82. The molecule has 1 unspecified atom stereocenters. The summed E-state index contributed by atoms with van der Waals surface area (Å²) >= 11 is 0. The van der Waals surface area contributed by atoms with Gasteiger partial charge in [-0.2, -0.15) is 0 Å². The maximum absolute atomic E-state index is 9.82. The van der Waals surface area contributed by atoms with E-state index in [1.165, 1.54) is 11.1 Å². The molecule has 0 saturated carbocycles. The average Bonchev–Trinajstić information content (AvgIpc) is 2.54. The number of nitrogens with zero attached hydrogens (tertiary/aromatic N) is 1. The Balaban J connectivity index is 2.71. The van der Waals surface area contributed by atoms with Gasteiger partial charge in [-0.05, 0) is 30.0 Å². The summed E-state index contributed by atoms with van der Waals surface area (Å²) in [7, 11) is 2.02. The van der Waals surface area contributed by atoms with Gasteiger partial charge in [0.15, 0.2) is 0 Å². The molecule has 2 heteroatoms. The summed E-state index contributed by atoms with van der Waals surface area (Å²) in [4.78, 5) is 0. The zero-order chi connectivity index (χ0) is 12.8. The van der Waals surface area contributed by atoms with Crippen LogP contribution in [0.25, 0.3) is 10.9 Å². The Morgan fingerprint density at radius 3 is 2.41 bits per heavy atom. The highest BCUT2D eigenvalue weighted by Crippen LogP contribution is 2.31. The van der Waals surface area contributed by atoms with Crippen molar-refractivity contribution in [2.24, 2.45) is 7.05 Å². The number of fused-ring (bicyclic) bond motifs is 1. The molecule has 0 radical (unpaired) electrons. The van der Waals surface area contributed by atoms with Crippen molar-refractivity contribution in [1.82, 2.24) is 4.57 Å². The molecule has 2 rings (SSSR count). The first kappa shape index (κ1) is 12.2. The third-order valence-electron chi connectivity index (χ3n) is 3.34. The van der Waals surface area contributed by atoms with Crippen molar-refractivity contribution < 1.29 is 5.11 Å². The molecular weight excluding hydrogens is 210 g/mol. The number of aliphatic hydroxyl groups excluding tert-OH is 1. The Labute approximate surface area is 103 Å². The van der Waals surface area contributed by atoms with Crippen LogP contribution in [0.3, 0.4) is 0 Å². The molecule has 92 valence electrons. The summed E-state index contributed by atoms with van der Waals surface area (Å²) < 4.78 is 2.07. The van der Waals surface area contributed by atoms with Crippen LogP contribution < -0.4 is 0 Å². The number of rotatable bonds is 1. The third-order valence-corrected chi connectivity index (χ3v) is 3.34. The molecule has 0 aliphatic rings. The predicted octanol–water partition coefficient (Wildman–Crippen LogP) is 3.53. The minimum absolute atomic E-state index is 0.139. The Kier molecular flexibility index (Phi) is 2.78. The lowest BCUT2D eigenvalue weighted by Gasteiger charge is -2.19. The molecule has 1 atom stereocenters. The van der Waals surface area contributed by atoms with Crippen molar-refractivity contribution >= 4 is 10.9 Å². The van der Waals surface area contributed by atoms with Gasteiger partial charge in [0.1, 0.15) is 0 Å². The topological polar surface area (TPSA) is 25.2 Å². The van der Waals surface area contributed by atoms with E-state index in [-0.39, 0.29) is 5.41 Å². The van der Waals surface area contributed by atoms with Crippen molar-refractivity contribution in [2.45, 2.75) is 39.2 Å². The van der Waals surface area contributed by atoms with Crippen LogP contribution in [0.4, 0.5) is 0 Å². The molecule has 0 bridgehead atoms. The van der Waals surface area contributed by atoms with Crippen LogP contribution in [-0.2, 0) is 12.5 Å². The number of aromatic nitrogens is 1. The van der Waals surface area contributed by atoms with Gasteiger partial charge in [-0.1, -0.05) is 26.8 Å². The minimum Gasteiger partial charge on any atom is -0.389 e. The van der Waals surface area contributed by atoms with Crippen LogP contribution in [0.1, 0.15) is 44.9 Å². The number of hydrogen-bond acceptors (Lipinski definition) is 1. The fraction of sp³-hybridized carbons (Fsp3) is 0.467. The van der Waals surface area contributed by atoms with Crippen LogP contribution in [0.2, 0.25) is 0 Å². The zero-order valence-electron chi connectivity index (χ0n) is 11.3. The highest BCUT2D eigenvalue weighted by atomic mass is 16.3. The second kappa shape index (κ2) is 3.88. The summed E-state index contributed by atoms with van der Waals surface area (Å²) in [6, 6.07) is 6.52. The van der Waals surface area contributed by atoms with Gasteiger partial charge in [0, 0.05) is 29.7 Å². The van der Waals surface area contributed by atoms with Crippen molar-refractivity contribution in [2.75, 3.05) is 0 Å². The highest BCUT2D eigenvalue weighted by Gasteiger charge is 2.17. The van der Waals surface area contributed by atoms with E-state index >= 15 is 0 Å². The quantitative estimate of drug-likeness (QED) is 0.798. The first-order valence-electron chi connectivity index (χ1n) is 6.08. The first-order chi connectivity index (χ1) is 7.80. The van der Waals surface area contributed by atoms with E-state index < -0.39 is 6.10 Å². The second-order valence-corrected chi connectivity index (χ2v) is 5.85. The predicted molar refractivity (Wildman–Crippen MR) is 72.3 cm³/mol. The third kappa shape index (κ3) is 2.09. The summed E-state index contributed by atoms with van der Waals surface area (Å²) in [5, 5.41) is 11.0. The van der Waals surface area contributed by atoms with Gasteiger partial charge in [0.2, 0.25) is 0 Å². The normalized spacial score (nSPS) is 14.2. The van der Waals surface area contributed by atoms with Gasteiger partial charge < -0.3 is 9.67 Å². The van der Waals surface area contributed by atoms with Crippen molar-refractivity contribution in [1.29, 1.82) is 0 Å². The van der Waals surface area contributed by atoms with Crippen LogP contribution in [-0.4, -0.2) is 9.67 Å². The zero-order valence-corrected chi connectivity index (χ0v) is 11.3. The Morgan fingerprint density at radius 2 is 1.88 bits per heavy atom. The van der Waals surface area contributed by atoms with Gasteiger partial charge in [0.05, 0.1) is 6.10 Å². The van der Waals surface area contributed by atoms with Crippen LogP contribution in [0.5, 0.6) is 0 Å². The minimum atomic E-state index is -0.422. The molecular formula is C15H21NO. The largest absolute Gasteiger partial charge is 0.389 e. The van der Waals surface area contributed by atoms with E-state index in [0.717, 1.165) is 10.9 Å². The van der Waals surface area contributed by atoms with Crippen molar-refractivity contribution in [3.63, 3.8) is 0 Å². The molecule has 1 N–H and O–H groups in total. The van der Waals surface area contributed by atoms with E-state index in [1.54, 1.807) is 0 Å². The molecule has 0 saturated heterocycles. The van der Waals surface area contributed by atoms with Crippen molar-refractivity contribution in [3.05, 3.63) is 35.5 Å². The average molecular weight is 231 g/mol. The van der Waals surface area contributed by atoms with Gasteiger partial charge in [-0.15, -0.1) is 0 Å². The van der Waals surface area contributed by atoms with Gasteiger partial charge in [-0.25, -0.2) is 0 Å². The molecule has 17 heavy (non-hydrogen) atoms. The SMILES string of the molecule is CC(O)c1cn(C)c2ccc(C(C)(C)C)cc12. The van der Waals surface area contributed by atoms with E-state index in [2.05, 4.69) is 43.5 Å². The second-order valence-electron chi connectivity index (χ2n) is 5.85. The molecule has 0 aliphatic heterocycles. The molecule has 0 aliphatic carbocycles. The van der Waals surface area contributed by atoms with Crippen LogP contribution in [0.15, 0.2) is 24.4 Å². The van der Waals surface area contributed by atoms with Crippen LogP contribution >= 0.6 is 0 Å². The van der Waals surface area contributed by atoms with E-state index in [1.807, 2.05) is 20.2 Å². The van der Waals surface area contributed by atoms with Gasteiger partial charge in [-0.3, -0.25) is 0 Å². The number of aliphatic hydroxyl groups is 1. The Hall–Kier alpha value is -1.28.